The number of amides is 1. The Morgan fingerprint density at radius 2 is 2.18 bits per heavy atom. The monoisotopic (exact) mass is 236 g/mol. The molecular formula is C13H17FN2O. The molecule has 1 fully saturated rings. The third-order valence-corrected chi connectivity index (χ3v) is 3.11. The lowest BCUT2D eigenvalue weighted by Crippen LogP contribution is -2.41. The molecule has 0 aromatic heterocycles. The smallest absolute Gasteiger partial charge is 0.237 e. The second kappa shape index (κ2) is 5.27. The van der Waals surface area contributed by atoms with E-state index in [9.17, 15) is 9.18 Å². The molecule has 1 aliphatic rings. The number of carbonyl (C=O) groups is 1. The first-order chi connectivity index (χ1) is 8.16. The Bertz CT molecular complexity index is 385. The van der Waals surface area contributed by atoms with Crippen LogP contribution in [0.25, 0.3) is 0 Å². The molecule has 0 aliphatic carbocycles. The normalized spacial score (nSPS) is 21.2. The molecule has 2 atom stereocenters. The minimum absolute atomic E-state index is 0.0272. The highest BCUT2D eigenvalue weighted by atomic mass is 19.1. The van der Waals surface area contributed by atoms with Gasteiger partial charge < -0.3 is 10.6 Å². The summed E-state index contributed by atoms with van der Waals surface area (Å²) in [4.78, 5) is 11.8. The highest BCUT2D eigenvalue weighted by Crippen LogP contribution is 2.14. The summed E-state index contributed by atoms with van der Waals surface area (Å²) in [6.07, 6.45) is 1.94. The van der Waals surface area contributed by atoms with E-state index in [-0.39, 0.29) is 23.8 Å². The Morgan fingerprint density at radius 1 is 1.47 bits per heavy atom. The van der Waals surface area contributed by atoms with Crippen LogP contribution in [-0.4, -0.2) is 18.5 Å². The van der Waals surface area contributed by atoms with E-state index >= 15 is 0 Å². The van der Waals surface area contributed by atoms with Gasteiger partial charge in [0, 0.05) is 0 Å². The number of hydrogen-bond donors (Lipinski definition) is 2. The van der Waals surface area contributed by atoms with Crippen LogP contribution in [0.4, 0.5) is 4.39 Å². The molecule has 0 spiro atoms. The van der Waals surface area contributed by atoms with Crippen molar-refractivity contribution < 1.29 is 9.18 Å². The number of hydrogen-bond acceptors (Lipinski definition) is 2. The number of halogens is 1. The van der Waals surface area contributed by atoms with Crippen molar-refractivity contribution in [2.24, 2.45) is 0 Å². The van der Waals surface area contributed by atoms with Gasteiger partial charge in [0.05, 0.1) is 12.1 Å². The van der Waals surface area contributed by atoms with Crippen molar-refractivity contribution >= 4 is 5.91 Å². The maximum atomic E-state index is 12.8. The molecule has 1 amide bonds. The molecule has 2 N–H and O–H groups in total. The van der Waals surface area contributed by atoms with E-state index < -0.39 is 0 Å². The lowest BCUT2D eigenvalue weighted by atomic mass is 10.1. The highest BCUT2D eigenvalue weighted by molar-refractivity contribution is 5.82. The molecule has 1 saturated heterocycles. The molecule has 0 unspecified atom stereocenters. The Hall–Kier alpha value is -1.42. The molecule has 2 rings (SSSR count). The van der Waals surface area contributed by atoms with Crippen LogP contribution in [0, 0.1) is 5.82 Å². The van der Waals surface area contributed by atoms with Crippen molar-refractivity contribution in [2.45, 2.75) is 31.8 Å². The van der Waals surface area contributed by atoms with Gasteiger partial charge in [-0.2, -0.15) is 0 Å². The molecule has 1 aromatic rings. The Balaban J connectivity index is 1.93. The van der Waals surface area contributed by atoms with Crippen LogP contribution in [0.3, 0.4) is 0 Å². The number of rotatable bonds is 3. The van der Waals surface area contributed by atoms with Gasteiger partial charge in [-0.3, -0.25) is 4.79 Å². The van der Waals surface area contributed by atoms with E-state index in [0.717, 1.165) is 24.9 Å². The fourth-order valence-electron chi connectivity index (χ4n) is 2.06. The molecule has 3 nitrogen and oxygen atoms in total. The van der Waals surface area contributed by atoms with E-state index in [0.29, 0.717) is 0 Å². The van der Waals surface area contributed by atoms with Crippen LogP contribution < -0.4 is 10.6 Å². The predicted octanol–water partition coefficient (Wildman–Crippen LogP) is 1.75. The summed E-state index contributed by atoms with van der Waals surface area (Å²) in [6, 6.07) is 6.05. The van der Waals surface area contributed by atoms with Gasteiger partial charge in [0.2, 0.25) is 5.91 Å². The highest BCUT2D eigenvalue weighted by Gasteiger charge is 2.23. The van der Waals surface area contributed by atoms with Crippen LogP contribution in [0.1, 0.15) is 31.4 Å². The third-order valence-electron chi connectivity index (χ3n) is 3.11. The second-order valence-electron chi connectivity index (χ2n) is 4.43. The molecule has 1 heterocycles. The average Bonchev–Trinajstić information content (AvgIpc) is 2.83. The second-order valence-corrected chi connectivity index (χ2v) is 4.43. The van der Waals surface area contributed by atoms with Gasteiger partial charge in [-0.05, 0) is 44.0 Å². The molecular weight excluding hydrogens is 219 g/mol. The standard InChI is InChI=1S/C13H17FN2O/c1-9(10-4-6-11(14)7-5-10)16-13(17)12-3-2-8-15-12/h4-7,9,12,15H,2-3,8H2,1H3,(H,16,17)/t9-,12-/m0/s1. The Labute approximate surface area is 100 Å². The van der Waals surface area contributed by atoms with Crippen LogP contribution in [-0.2, 0) is 4.79 Å². The van der Waals surface area contributed by atoms with Crippen LogP contribution >= 0.6 is 0 Å². The molecule has 0 radical (unpaired) electrons. The lowest BCUT2D eigenvalue weighted by molar-refractivity contribution is -0.123. The van der Waals surface area contributed by atoms with Gasteiger partial charge in [0.1, 0.15) is 5.82 Å². The summed E-state index contributed by atoms with van der Waals surface area (Å²) < 4.78 is 12.8. The van der Waals surface area contributed by atoms with Crippen molar-refractivity contribution in [1.29, 1.82) is 0 Å². The predicted molar refractivity (Wildman–Crippen MR) is 64.0 cm³/mol. The average molecular weight is 236 g/mol. The SMILES string of the molecule is C[C@H](NC(=O)[C@@H]1CCCN1)c1ccc(F)cc1. The minimum atomic E-state index is -0.260. The summed E-state index contributed by atoms with van der Waals surface area (Å²) >= 11 is 0. The molecule has 1 aliphatic heterocycles. The zero-order valence-corrected chi connectivity index (χ0v) is 9.87. The molecule has 1 aromatic carbocycles. The Morgan fingerprint density at radius 3 is 2.76 bits per heavy atom. The summed E-state index contributed by atoms with van der Waals surface area (Å²) in [5.41, 5.74) is 0.915. The van der Waals surface area contributed by atoms with Crippen molar-refractivity contribution in [2.75, 3.05) is 6.54 Å². The quantitative estimate of drug-likeness (QED) is 0.839. The van der Waals surface area contributed by atoms with Crippen LogP contribution in [0.2, 0.25) is 0 Å². The fraction of sp³-hybridized carbons (Fsp3) is 0.462. The molecule has 92 valence electrons. The summed E-state index contributed by atoms with van der Waals surface area (Å²) in [6.45, 7) is 2.81. The molecule has 0 bridgehead atoms. The van der Waals surface area contributed by atoms with Crippen molar-refractivity contribution in [3.63, 3.8) is 0 Å². The summed E-state index contributed by atoms with van der Waals surface area (Å²) in [5, 5.41) is 6.08. The number of benzene rings is 1. The number of nitrogens with one attached hydrogen (secondary N) is 2. The molecule has 17 heavy (non-hydrogen) atoms. The first-order valence-electron chi connectivity index (χ1n) is 5.96. The van der Waals surface area contributed by atoms with Gasteiger partial charge in [-0.25, -0.2) is 4.39 Å². The van der Waals surface area contributed by atoms with E-state index in [2.05, 4.69) is 10.6 Å². The topological polar surface area (TPSA) is 41.1 Å². The first kappa shape index (κ1) is 12.0. The van der Waals surface area contributed by atoms with Crippen molar-refractivity contribution in [3.8, 4) is 0 Å². The van der Waals surface area contributed by atoms with Gasteiger partial charge in [-0.1, -0.05) is 12.1 Å². The minimum Gasteiger partial charge on any atom is -0.348 e. The van der Waals surface area contributed by atoms with Crippen LogP contribution in [0.15, 0.2) is 24.3 Å². The molecule has 4 heteroatoms. The molecule has 0 saturated carbocycles. The maximum absolute atomic E-state index is 12.8. The Kier molecular flexibility index (Phi) is 3.74. The number of carbonyl (C=O) groups excluding carboxylic acids is 1. The van der Waals surface area contributed by atoms with Gasteiger partial charge in [0.25, 0.3) is 0 Å². The zero-order valence-electron chi connectivity index (χ0n) is 9.87. The van der Waals surface area contributed by atoms with Gasteiger partial charge in [0.15, 0.2) is 0 Å². The van der Waals surface area contributed by atoms with Crippen LogP contribution in [0.5, 0.6) is 0 Å². The summed E-state index contributed by atoms with van der Waals surface area (Å²) in [7, 11) is 0. The van der Waals surface area contributed by atoms with E-state index in [4.69, 9.17) is 0 Å². The zero-order chi connectivity index (χ0) is 12.3. The van der Waals surface area contributed by atoms with Gasteiger partial charge >= 0.3 is 0 Å². The lowest BCUT2D eigenvalue weighted by Gasteiger charge is -2.17. The van der Waals surface area contributed by atoms with Crippen molar-refractivity contribution in [1.82, 2.24) is 10.6 Å². The van der Waals surface area contributed by atoms with E-state index in [1.165, 1.54) is 12.1 Å². The first-order valence-corrected chi connectivity index (χ1v) is 5.96. The fourth-order valence-corrected chi connectivity index (χ4v) is 2.06. The van der Waals surface area contributed by atoms with E-state index in [1.54, 1.807) is 12.1 Å². The largest absolute Gasteiger partial charge is 0.348 e. The van der Waals surface area contributed by atoms with E-state index in [1.807, 2.05) is 6.92 Å². The summed E-state index contributed by atoms with van der Waals surface area (Å²) in [5.74, 6) is -0.232. The van der Waals surface area contributed by atoms with Gasteiger partial charge in [-0.15, -0.1) is 0 Å². The van der Waals surface area contributed by atoms with Crippen molar-refractivity contribution in [3.05, 3.63) is 35.6 Å². The third kappa shape index (κ3) is 3.03. The maximum Gasteiger partial charge on any atom is 0.237 e.